The zero-order valence-electron chi connectivity index (χ0n) is 12.2. The average Bonchev–Trinajstić information content (AvgIpc) is 3.13. The average molecular weight is 403 g/mol. The molecule has 0 aliphatic carbocycles. The molecule has 0 fully saturated rings. The predicted octanol–water partition coefficient (Wildman–Crippen LogP) is 2.24. The molecule has 7 heteroatoms. The highest BCUT2D eigenvalue weighted by atomic mass is 127. The van der Waals surface area contributed by atoms with E-state index < -0.39 is 0 Å². The van der Waals surface area contributed by atoms with Gasteiger partial charge in [0.2, 0.25) is 0 Å². The number of nitrogens with one attached hydrogen (secondary N) is 2. The zero-order chi connectivity index (χ0) is 14.0. The van der Waals surface area contributed by atoms with Crippen molar-refractivity contribution >= 4 is 29.9 Å². The Morgan fingerprint density at radius 3 is 2.95 bits per heavy atom. The Morgan fingerprint density at radius 1 is 1.38 bits per heavy atom. The van der Waals surface area contributed by atoms with Crippen molar-refractivity contribution in [3.05, 3.63) is 42.6 Å². The van der Waals surface area contributed by atoms with Crippen LogP contribution in [0.4, 0.5) is 0 Å². The molecule has 2 N–H and O–H groups in total. The normalized spacial score (nSPS) is 11.0. The lowest BCUT2D eigenvalue weighted by atomic mass is 10.4. The van der Waals surface area contributed by atoms with Gasteiger partial charge < -0.3 is 15.1 Å². The van der Waals surface area contributed by atoms with E-state index in [4.69, 9.17) is 4.42 Å². The van der Waals surface area contributed by atoms with E-state index in [0.717, 1.165) is 37.8 Å². The summed E-state index contributed by atoms with van der Waals surface area (Å²) < 4.78 is 7.19. The first-order chi connectivity index (χ1) is 9.88. The third kappa shape index (κ3) is 6.65. The molecular formula is C14H22IN5O. The molecule has 0 radical (unpaired) electrons. The van der Waals surface area contributed by atoms with Crippen molar-refractivity contribution < 1.29 is 4.42 Å². The van der Waals surface area contributed by atoms with E-state index in [2.05, 4.69) is 20.7 Å². The van der Waals surface area contributed by atoms with Crippen LogP contribution in [0.15, 0.2) is 46.3 Å². The fourth-order valence-electron chi connectivity index (χ4n) is 1.78. The van der Waals surface area contributed by atoms with Gasteiger partial charge in [-0.25, -0.2) is 4.99 Å². The smallest absolute Gasteiger partial charge is 0.191 e. The zero-order valence-corrected chi connectivity index (χ0v) is 14.5. The van der Waals surface area contributed by atoms with Crippen molar-refractivity contribution in [2.24, 2.45) is 4.99 Å². The molecule has 0 aliphatic rings. The number of aromatic nitrogens is 2. The van der Waals surface area contributed by atoms with E-state index in [0.29, 0.717) is 6.54 Å². The molecule has 0 bridgehead atoms. The van der Waals surface area contributed by atoms with E-state index in [1.54, 1.807) is 12.5 Å². The topological polar surface area (TPSA) is 67.4 Å². The Balaban J connectivity index is 0.00000220. The lowest BCUT2D eigenvalue weighted by Crippen LogP contribution is -2.38. The van der Waals surface area contributed by atoms with Crippen LogP contribution < -0.4 is 10.6 Å². The molecule has 2 aromatic heterocycles. The molecule has 2 rings (SSSR count). The van der Waals surface area contributed by atoms with Gasteiger partial charge in [0.05, 0.1) is 6.26 Å². The van der Waals surface area contributed by atoms with Gasteiger partial charge in [0.15, 0.2) is 5.96 Å². The summed E-state index contributed by atoms with van der Waals surface area (Å²) in [6.07, 6.45) is 6.42. The number of hydrogen-bond acceptors (Lipinski definition) is 3. The Labute approximate surface area is 142 Å². The van der Waals surface area contributed by atoms with Crippen molar-refractivity contribution in [2.75, 3.05) is 13.1 Å². The first-order valence-corrected chi connectivity index (χ1v) is 6.90. The minimum absolute atomic E-state index is 0. The molecule has 2 aromatic rings. The van der Waals surface area contributed by atoms with E-state index in [1.165, 1.54) is 0 Å². The summed E-state index contributed by atoms with van der Waals surface area (Å²) in [5.41, 5.74) is 0. The van der Waals surface area contributed by atoms with Gasteiger partial charge in [0.25, 0.3) is 0 Å². The van der Waals surface area contributed by atoms with Crippen molar-refractivity contribution in [3.8, 4) is 0 Å². The van der Waals surface area contributed by atoms with E-state index in [1.807, 2.05) is 36.0 Å². The Kier molecular flexibility index (Phi) is 8.56. The molecule has 0 amide bonds. The second-order valence-electron chi connectivity index (χ2n) is 4.32. The second-order valence-corrected chi connectivity index (χ2v) is 4.32. The third-order valence-corrected chi connectivity index (χ3v) is 2.73. The van der Waals surface area contributed by atoms with Gasteiger partial charge in [0, 0.05) is 32.0 Å². The van der Waals surface area contributed by atoms with Crippen molar-refractivity contribution in [3.63, 3.8) is 0 Å². The summed E-state index contributed by atoms with van der Waals surface area (Å²) in [7, 11) is 0. The second kappa shape index (κ2) is 10.3. The van der Waals surface area contributed by atoms with Crippen LogP contribution in [0.25, 0.3) is 0 Å². The van der Waals surface area contributed by atoms with Gasteiger partial charge >= 0.3 is 0 Å². The third-order valence-electron chi connectivity index (χ3n) is 2.73. The van der Waals surface area contributed by atoms with Crippen molar-refractivity contribution in [1.82, 2.24) is 20.4 Å². The molecular weight excluding hydrogens is 381 g/mol. The van der Waals surface area contributed by atoms with Crippen LogP contribution in [-0.2, 0) is 13.1 Å². The van der Waals surface area contributed by atoms with Crippen LogP contribution in [0.5, 0.6) is 0 Å². The number of halogens is 1. The number of rotatable bonds is 7. The minimum atomic E-state index is 0. The molecule has 0 unspecified atom stereocenters. The SMILES string of the molecule is CCNC(=NCc1ccco1)NCCCn1cccn1.I. The lowest BCUT2D eigenvalue weighted by Gasteiger charge is -2.10. The van der Waals surface area contributed by atoms with E-state index >= 15 is 0 Å². The molecule has 0 saturated carbocycles. The summed E-state index contributed by atoms with van der Waals surface area (Å²) in [5.74, 6) is 1.67. The number of hydrogen-bond donors (Lipinski definition) is 2. The van der Waals surface area contributed by atoms with Gasteiger partial charge in [-0.1, -0.05) is 0 Å². The largest absolute Gasteiger partial charge is 0.467 e. The quantitative estimate of drug-likeness (QED) is 0.322. The lowest BCUT2D eigenvalue weighted by molar-refractivity contribution is 0.511. The summed E-state index contributed by atoms with van der Waals surface area (Å²) in [5, 5.41) is 10.7. The number of aryl methyl sites for hydroxylation is 1. The minimum Gasteiger partial charge on any atom is -0.467 e. The first-order valence-electron chi connectivity index (χ1n) is 6.90. The molecule has 21 heavy (non-hydrogen) atoms. The highest BCUT2D eigenvalue weighted by Crippen LogP contribution is 2.01. The summed E-state index contributed by atoms with van der Waals surface area (Å²) in [6, 6.07) is 5.72. The fraction of sp³-hybridized carbons (Fsp3) is 0.429. The predicted molar refractivity (Wildman–Crippen MR) is 93.8 cm³/mol. The van der Waals surface area contributed by atoms with Crippen molar-refractivity contribution in [2.45, 2.75) is 26.4 Å². The van der Waals surface area contributed by atoms with Crippen LogP contribution in [0.2, 0.25) is 0 Å². The Morgan fingerprint density at radius 2 is 2.29 bits per heavy atom. The van der Waals surface area contributed by atoms with Crippen LogP contribution in [-0.4, -0.2) is 28.8 Å². The van der Waals surface area contributed by atoms with Crippen molar-refractivity contribution in [1.29, 1.82) is 0 Å². The maximum atomic E-state index is 5.26. The highest BCUT2D eigenvalue weighted by Gasteiger charge is 1.99. The molecule has 0 atom stereocenters. The standard InChI is InChI=1S/C14H21N5O.HI/c1-2-15-14(17-12-13-6-3-11-20-13)16-7-4-9-19-10-5-8-18-19;/h3,5-6,8,10-11H,2,4,7,9,12H2,1H3,(H2,15,16,17);1H. The Bertz CT molecular complexity index is 495. The monoisotopic (exact) mass is 403 g/mol. The van der Waals surface area contributed by atoms with E-state index in [9.17, 15) is 0 Å². The van der Waals surface area contributed by atoms with Gasteiger partial charge in [-0.15, -0.1) is 24.0 Å². The number of guanidine groups is 1. The molecule has 0 spiro atoms. The van der Waals surface area contributed by atoms with Crippen LogP contribution in [0, 0.1) is 0 Å². The van der Waals surface area contributed by atoms with E-state index in [-0.39, 0.29) is 24.0 Å². The van der Waals surface area contributed by atoms with Crippen LogP contribution in [0.1, 0.15) is 19.1 Å². The molecule has 0 aliphatic heterocycles. The van der Waals surface area contributed by atoms with Crippen LogP contribution >= 0.6 is 24.0 Å². The van der Waals surface area contributed by atoms with Gasteiger partial charge in [-0.2, -0.15) is 5.10 Å². The van der Waals surface area contributed by atoms with Gasteiger partial charge in [-0.05, 0) is 31.5 Å². The first kappa shape index (κ1) is 17.5. The maximum absolute atomic E-state index is 5.26. The summed E-state index contributed by atoms with van der Waals surface area (Å²) in [4.78, 5) is 4.47. The molecule has 116 valence electrons. The fourth-order valence-corrected chi connectivity index (χ4v) is 1.78. The molecule has 6 nitrogen and oxygen atoms in total. The summed E-state index contributed by atoms with van der Waals surface area (Å²) >= 11 is 0. The molecule has 2 heterocycles. The molecule has 0 saturated heterocycles. The van der Waals surface area contributed by atoms with Gasteiger partial charge in [0.1, 0.15) is 12.3 Å². The molecule has 0 aromatic carbocycles. The Hall–Kier alpha value is -1.51. The highest BCUT2D eigenvalue weighted by molar-refractivity contribution is 14.0. The number of furan rings is 1. The number of nitrogens with zero attached hydrogens (tertiary/aromatic N) is 3. The van der Waals surface area contributed by atoms with Gasteiger partial charge in [-0.3, -0.25) is 4.68 Å². The van der Waals surface area contributed by atoms with Crippen LogP contribution in [0.3, 0.4) is 0 Å². The number of aliphatic imine (C=N–C) groups is 1. The summed E-state index contributed by atoms with van der Waals surface area (Å²) in [6.45, 7) is 5.18. The maximum Gasteiger partial charge on any atom is 0.191 e.